The molecule has 3 rings (SSSR count). The number of nitrogens with one attached hydrogen (secondary N) is 1. The number of sulfonamides is 1. The molecule has 0 atom stereocenters. The van der Waals surface area contributed by atoms with Crippen LogP contribution in [0.15, 0.2) is 71.6 Å². The summed E-state index contributed by atoms with van der Waals surface area (Å²) in [6.45, 7) is 5.48. The van der Waals surface area contributed by atoms with Gasteiger partial charge in [-0.25, -0.2) is 8.42 Å². The molecule has 0 aliphatic rings. The molecule has 4 nitrogen and oxygen atoms in total. The molecule has 3 aromatic rings. The molecule has 27 heavy (non-hydrogen) atoms. The number of hydrogen-bond acceptors (Lipinski definition) is 3. The van der Waals surface area contributed by atoms with Gasteiger partial charge in [-0.15, -0.1) is 0 Å². The van der Waals surface area contributed by atoms with E-state index < -0.39 is 10.0 Å². The molecule has 0 aliphatic carbocycles. The fourth-order valence-electron chi connectivity index (χ4n) is 3.30. The van der Waals surface area contributed by atoms with Crippen LogP contribution in [-0.4, -0.2) is 14.2 Å². The molecule has 0 heterocycles. The van der Waals surface area contributed by atoms with Crippen molar-refractivity contribution in [3.05, 3.63) is 94.5 Å². The molecular formula is C22H21NO3S. The van der Waals surface area contributed by atoms with E-state index in [1.807, 2.05) is 25.1 Å². The van der Waals surface area contributed by atoms with Crippen LogP contribution in [0.3, 0.4) is 0 Å². The predicted octanol–water partition coefficient (Wildman–Crippen LogP) is 4.64. The van der Waals surface area contributed by atoms with Gasteiger partial charge in [0.2, 0.25) is 0 Å². The van der Waals surface area contributed by atoms with E-state index in [1.54, 1.807) is 62.4 Å². The SMILES string of the molecule is Cc1cc(C)c(S(=O)(=O)Nc2ccccc2C(=O)c2ccccc2)c(C)c1. The second-order valence-corrected chi connectivity index (χ2v) is 8.19. The van der Waals surface area contributed by atoms with E-state index in [0.717, 1.165) is 5.56 Å². The summed E-state index contributed by atoms with van der Waals surface area (Å²) in [5.74, 6) is -0.230. The highest BCUT2D eigenvalue weighted by atomic mass is 32.2. The number of para-hydroxylation sites is 1. The maximum atomic E-state index is 13.0. The number of rotatable bonds is 5. The number of ketones is 1. The maximum absolute atomic E-state index is 13.0. The fraction of sp³-hybridized carbons (Fsp3) is 0.136. The highest BCUT2D eigenvalue weighted by molar-refractivity contribution is 7.92. The van der Waals surface area contributed by atoms with E-state index in [9.17, 15) is 13.2 Å². The number of carbonyl (C=O) groups excluding carboxylic acids is 1. The van der Waals surface area contributed by atoms with Gasteiger partial charge in [0.15, 0.2) is 5.78 Å². The predicted molar refractivity (Wildman–Crippen MR) is 108 cm³/mol. The molecule has 0 radical (unpaired) electrons. The van der Waals surface area contributed by atoms with Gasteiger partial charge in [-0.3, -0.25) is 9.52 Å². The molecule has 0 aliphatic heterocycles. The Morgan fingerprint density at radius 3 is 2.00 bits per heavy atom. The summed E-state index contributed by atoms with van der Waals surface area (Å²) in [5.41, 5.74) is 3.44. The summed E-state index contributed by atoms with van der Waals surface area (Å²) in [5, 5.41) is 0. The van der Waals surface area contributed by atoms with Crippen LogP contribution in [-0.2, 0) is 10.0 Å². The molecule has 0 aromatic heterocycles. The summed E-state index contributed by atoms with van der Waals surface area (Å²) < 4.78 is 28.7. The molecule has 0 fully saturated rings. The molecule has 0 unspecified atom stereocenters. The third kappa shape index (κ3) is 3.93. The quantitative estimate of drug-likeness (QED) is 0.657. The molecule has 5 heteroatoms. The summed E-state index contributed by atoms with van der Waals surface area (Å²) in [4.78, 5) is 13.1. The van der Waals surface area contributed by atoms with E-state index in [2.05, 4.69) is 4.72 Å². The van der Waals surface area contributed by atoms with Crippen LogP contribution >= 0.6 is 0 Å². The van der Waals surface area contributed by atoms with Crippen LogP contribution in [0.1, 0.15) is 32.6 Å². The summed E-state index contributed by atoms with van der Waals surface area (Å²) >= 11 is 0. The molecule has 0 amide bonds. The van der Waals surface area contributed by atoms with Crippen LogP contribution in [0.5, 0.6) is 0 Å². The zero-order chi connectivity index (χ0) is 19.6. The first-order valence-electron chi connectivity index (χ1n) is 8.59. The Bertz CT molecular complexity index is 1080. The summed E-state index contributed by atoms with van der Waals surface area (Å²) in [7, 11) is -3.83. The van der Waals surface area contributed by atoms with Crippen LogP contribution in [0.25, 0.3) is 0 Å². The Labute approximate surface area is 159 Å². The molecule has 0 saturated heterocycles. The molecular weight excluding hydrogens is 358 g/mol. The lowest BCUT2D eigenvalue weighted by atomic mass is 10.0. The molecule has 1 N–H and O–H groups in total. The van der Waals surface area contributed by atoms with Gasteiger partial charge in [0.1, 0.15) is 0 Å². The second-order valence-electron chi connectivity index (χ2n) is 6.57. The van der Waals surface area contributed by atoms with Crippen molar-refractivity contribution in [3.63, 3.8) is 0 Å². The molecule has 0 bridgehead atoms. The number of benzene rings is 3. The average molecular weight is 379 g/mol. The number of aryl methyl sites for hydroxylation is 3. The number of hydrogen-bond donors (Lipinski definition) is 1. The zero-order valence-electron chi connectivity index (χ0n) is 15.5. The van der Waals surface area contributed by atoms with Crippen molar-refractivity contribution in [1.29, 1.82) is 0 Å². The van der Waals surface area contributed by atoms with E-state index in [1.165, 1.54) is 0 Å². The number of carbonyl (C=O) groups is 1. The van der Waals surface area contributed by atoms with E-state index >= 15 is 0 Å². The van der Waals surface area contributed by atoms with Crippen LogP contribution < -0.4 is 4.72 Å². The minimum Gasteiger partial charge on any atom is -0.289 e. The lowest BCUT2D eigenvalue weighted by Crippen LogP contribution is -2.18. The van der Waals surface area contributed by atoms with Crippen molar-refractivity contribution >= 4 is 21.5 Å². The van der Waals surface area contributed by atoms with Gasteiger partial charge in [0.25, 0.3) is 10.0 Å². The van der Waals surface area contributed by atoms with E-state index in [0.29, 0.717) is 22.3 Å². The van der Waals surface area contributed by atoms with Crippen molar-refractivity contribution in [2.45, 2.75) is 25.7 Å². The smallest absolute Gasteiger partial charge is 0.262 e. The largest absolute Gasteiger partial charge is 0.289 e. The van der Waals surface area contributed by atoms with Gasteiger partial charge in [-0.1, -0.05) is 60.2 Å². The first kappa shape index (κ1) is 18.9. The Balaban J connectivity index is 2.03. The minimum atomic E-state index is -3.83. The topological polar surface area (TPSA) is 63.2 Å². The lowest BCUT2D eigenvalue weighted by molar-refractivity contribution is 0.103. The van der Waals surface area contributed by atoms with Crippen LogP contribution in [0.2, 0.25) is 0 Å². The van der Waals surface area contributed by atoms with Gasteiger partial charge in [0, 0.05) is 11.1 Å². The van der Waals surface area contributed by atoms with Gasteiger partial charge >= 0.3 is 0 Å². The highest BCUT2D eigenvalue weighted by Crippen LogP contribution is 2.27. The molecule has 0 spiro atoms. The molecule has 138 valence electrons. The summed E-state index contributed by atoms with van der Waals surface area (Å²) in [6, 6.07) is 19.1. The van der Waals surface area contributed by atoms with Crippen molar-refractivity contribution in [3.8, 4) is 0 Å². The van der Waals surface area contributed by atoms with E-state index in [4.69, 9.17) is 0 Å². The lowest BCUT2D eigenvalue weighted by Gasteiger charge is -2.16. The molecule has 0 saturated carbocycles. The monoisotopic (exact) mass is 379 g/mol. The van der Waals surface area contributed by atoms with Gasteiger partial charge < -0.3 is 0 Å². The standard InChI is InChI=1S/C22H21NO3S/c1-15-13-16(2)22(17(3)14-15)27(25,26)23-20-12-8-7-11-19(20)21(24)18-9-5-4-6-10-18/h4-14,23H,1-3H3. The maximum Gasteiger partial charge on any atom is 0.262 e. The first-order valence-corrected chi connectivity index (χ1v) is 10.1. The zero-order valence-corrected chi connectivity index (χ0v) is 16.3. The Morgan fingerprint density at radius 1 is 0.815 bits per heavy atom. The van der Waals surface area contributed by atoms with E-state index in [-0.39, 0.29) is 16.4 Å². The fourth-order valence-corrected chi connectivity index (χ4v) is 4.84. The molecule has 3 aromatic carbocycles. The van der Waals surface area contributed by atoms with Crippen molar-refractivity contribution in [2.75, 3.05) is 4.72 Å². The van der Waals surface area contributed by atoms with Gasteiger partial charge in [-0.05, 0) is 44.0 Å². The summed E-state index contributed by atoms with van der Waals surface area (Å²) in [6.07, 6.45) is 0. The normalized spacial score (nSPS) is 11.2. The third-order valence-corrected chi connectivity index (χ3v) is 6.00. The van der Waals surface area contributed by atoms with Crippen molar-refractivity contribution < 1.29 is 13.2 Å². The van der Waals surface area contributed by atoms with Crippen LogP contribution in [0.4, 0.5) is 5.69 Å². The van der Waals surface area contributed by atoms with Gasteiger partial charge in [-0.2, -0.15) is 0 Å². The Kier molecular flexibility index (Phi) is 5.15. The first-order chi connectivity index (χ1) is 12.8. The third-order valence-electron chi connectivity index (χ3n) is 4.33. The average Bonchev–Trinajstić information content (AvgIpc) is 2.61. The van der Waals surface area contributed by atoms with Crippen molar-refractivity contribution in [1.82, 2.24) is 0 Å². The number of anilines is 1. The Hall–Kier alpha value is -2.92. The second kappa shape index (κ2) is 7.37. The Morgan fingerprint density at radius 2 is 1.37 bits per heavy atom. The highest BCUT2D eigenvalue weighted by Gasteiger charge is 2.22. The van der Waals surface area contributed by atoms with Crippen LogP contribution in [0, 0.1) is 20.8 Å². The van der Waals surface area contributed by atoms with Gasteiger partial charge in [0.05, 0.1) is 10.6 Å². The minimum absolute atomic E-state index is 0.230. The van der Waals surface area contributed by atoms with Crippen molar-refractivity contribution in [2.24, 2.45) is 0 Å².